The Hall–Kier alpha value is -3.66. The Morgan fingerprint density at radius 1 is 1.08 bits per heavy atom. The molecule has 1 saturated carbocycles. The predicted octanol–water partition coefficient (Wildman–Crippen LogP) is 3.64. The lowest BCUT2D eigenvalue weighted by atomic mass is 9.98. The molecule has 1 saturated heterocycles. The second-order valence-electron chi connectivity index (χ2n) is 10.1. The molecule has 37 heavy (non-hydrogen) atoms. The molecule has 0 unspecified atom stereocenters. The molecule has 10 heteroatoms. The lowest BCUT2D eigenvalue weighted by Crippen LogP contribution is -2.46. The van der Waals surface area contributed by atoms with E-state index in [4.69, 9.17) is 0 Å². The van der Waals surface area contributed by atoms with Crippen LogP contribution in [0.25, 0.3) is 17.1 Å². The zero-order valence-corrected chi connectivity index (χ0v) is 21.4. The monoisotopic (exact) mass is 508 g/mol. The zero-order chi connectivity index (χ0) is 26.3. The van der Waals surface area contributed by atoms with Gasteiger partial charge in [-0.3, -0.25) is 9.36 Å². The van der Waals surface area contributed by atoms with Crippen molar-refractivity contribution in [3.63, 3.8) is 0 Å². The molecule has 0 atom stereocenters. The van der Waals surface area contributed by atoms with Crippen molar-refractivity contribution >= 4 is 11.6 Å². The van der Waals surface area contributed by atoms with Gasteiger partial charge < -0.3 is 25.3 Å². The molecule has 5 rings (SSSR count). The summed E-state index contributed by atoms with van der Waals surface area (Å²) >= 11 is 0. The van der Waals surface area contributed by atoms with Crippen LogP contribution in [0, 0.1) is 5.82 Å². The van der Waals surface area contributed by atoms with Gasteiger partial charge in [-0.25, -0.2) is 4.39 Å². The molecule has 9 nitrogen and oxygen atoms in total. The molecule has 3 N–H and O–H groups in total. The quantitative estimate of drug-likeness (QED) is 0.447. The van der Waals surface area contributed by atoms with E-state index in [9.17, 15) is 15.0 Å². The summed E-state index contributed by atoms with van der Waals surface area (Å²) in [6.45, 7) is 10.1. The number of amides is 1. The third kappa shape index (κ3) is 4.98. The number of aromatic nitrogens is 3. The Kier molecular flexibility index (Phi) is 6.76. The summed E-state index contributed by atoms with van der Waals surface area (Å²) in [4.78, 5) is 17.4. The topological polar surface area (TPSA) is 107 Å². The molecule has 2 aliphatic rings. The minimum Gasteiger partial charge on any atom is -0.508 e. The molecule has 1 aliphatic carbocycles. The van der Waals surface area contributed by atoms with Gasteiger partial charge in [0.15, 0.2) is 5.82 Å². The van der Waals surface area contributed by atoms with Crippen molar-refractivity contribution in [1.82, 2.24) is 25.0 Å². The van der Waals surface area contributed by atoms with Crippen LogP contribution in [0.3, 0.4) is 0 Å². The summed E-state index contributed by atoms with van der Waals surface area (Å²) in [5, 5.41) is 32.3. The van der Waals surface area contributed by atoms with Crippen LogP contribution >= 0.6 is 0 Å². The van der Waals surface area contributed by atoms with Gasteiger partial charge in [-0.05, 0) is 49.1 Å². The Morgan fingerprint density at radius 2 is 1.81 bits per heavy atom. The first-order valence-corrected chi connectivity index (χ1v) is 12.9. The maximum atomic E-state index is 15.5. The molecule has 1 aliphatic heterocycles. The van der Waals surface area contributed by atoms with E-state index < -0.39 is 11.7 Å². The predicted molar refractivity (Wildman–Crippen MR) is 139 cm³/mol. The lowest BCUT2D eigenvalue weighted by molar-refractivity contribution is 0.0938. The van der Waals surface area contributed by atoms with Gasteiger partial charge in [0.2, 0.25) is 5.82 Å². The Balaban J connectivity index is 1.58. The van der Waals surface area contributed by atoms with Crippen LogP contribution in [-0.2, 0) is 0 Å². The highest BCUT2D eigenvalue weighted by atomic mass is 19.1. The standard InChI is InChI=1S/C27H33FN6O3/c1-4-32-9-11-33(12-10-32)22-8-7-18(13-21(22)28)34-25(30-31-26(34)27(37)29-17-5-6-17)20-14-19(16(2)3)23(35)15-24(20)36/h7-8,13-17,35-36H,4-6,9-12H2,1-3H3,(H,29,37). The van der Waals surface area contributed by atoms with Crippen molar-refractivity contribution < 1.29 is 19.4 Å². The highest BCUT2D eigenvalue weighted by molar-refractivity contribution is 5.92. The smallest absolute Gasteiger partial charge is 0.289 e. The number of halogens is 1. The second-order valence-corrected chi connectivity index (χ2v) is 10.1. The number of anilines is 1. The molecule has 196 valence electrons. The first-order chi connectivity index (χ1) is 17.8. The van der Waals surface area contributed by atoms with E-state index in [1.165, 1.54) is 16.7 Å². The van der Waals surface area contributed by atoms with Crippen molar-refractivity contribution in [2.45, 2.75) is 45.6 Å². The summed E-state index contributed by atoms with van der Waals surface area (Å²) in [5.41, 5.74) is 1.78. The van der Waals surface area contributed by atoms with Crippen molar-refractivity contribution in [3.05, 3.63) is 47.5 Å². The fourth-order valence-corrected chi connectivity index (χ4v) is 4.76. The summed E-state index contributed by atoms with van der Waals surface area (Å²) in [7, 11) is 0. The minimum atomic E-state index is -0.413. The Bertz CT molecular complexity index is 1310. The number of hydrogen-bond donors (Lipinski definition) is 3. The average molecular weight is 509 g/mol. The summed E-state index contributed by atoms with van der Waals surface area (Å²) in [6, 6.07) is 7.82. The Morgan fingerprint density at radius 3 is 2.43 bits per heavy atom. The van der Waals surface area contributed by atoms with Gasteiger partial charge in [0.05, 0.1) is 16.9 Å². The number of likely N-dealkylation sites (N-methyl/N-ethyl adjacent to an activating group) is 1. The first kappa shape index (κ1) is 25.0. The van der Waals surface area contributed by atoms with Crippen molar-refractivity contribution in [1.29, 1.82) is 0 Å². The summed E-state index contributed by atoms with van der Waals surface area (Å²) in [5.74, 6) is -0.910. The second kappa shape index (κ2) is 10.0. The van der Waals surface area contributed by atoms with E-state index in [1.54, 1.807) is 18.2 Å². The van der Waals surface area contributed by atoms with Gasteiger partial charge in [0.1, 0.15) is 17.3 Å². The van der Waals surface area contributed by atoms with Gasteiger partial charge in [-0.15, -0.1) is 10.2 Å². The average Bonchev–Trinajstić information content (AvgIpc) is 3.58. The van der Waals surface area contributed by atoms with Crippen LogP contribution < -0.4 is 10.2 Å². The number of nitrogens with zero attached hydrogens (tertiary/aromatic N) is 5. The van der Waals surface area contributed by atoms with Gasteiger partial charge in [0.25, 0.3) is 5.91 Å². The number of phenolic OH excluding ortho intramolecular Hbond substituents is 2. The fourth-order valence-electron chi connectivity index (χ4n) is 4.76. The molecule has 3 aromatic rings. The van der Waals surface area contributed by atoms with Gasteiger partial charge in [-0.1, -0.05) is 20.8 Å². The van der Waals surface area contributed by atoms with Gasteiger partial charge >= 0.3 is 0 Å². The minimum absolute atomic E-state index is 0.00387. The van der Waals surface area contributed by atoms with Gasteiger partial charge in [0, 0.05) is 44.4 Å². The third-order valence-corrected chi connectivity index (χ3v) is 7.14. The molecule has 1 amide bonds. The SMILES string of the molecule is CCN1CCN(c2ccc(-n3c(C(=O)NC4CC4)nnc3-c3cc(C(C)C)c(O)cc3O)cc2F)CC1. The molecule has 2 aromatic carbocycles. The van der Waals surface area contributed by atoms with Crippen LogP contribution in [0.15, 0.2) is 30.3 Å². The Labute approximate surface area is 215 Å². The van der Waals surface area contributed by atoms with Crippen LogP contribution in [0.5, 0.6) is 11.5 Å². The van der Waals surface area contributed by atoms with Crippen LogP contribution in [0.1, 0.15) is 55.7 Å². The first-order valence-electron chi connectivity index (χ1n) is 12.9. The molecule has 2 fully saturated rings. The number of carbonyl (C=O) groups is 1. The number of aromatic hydroxyl groups is 2. The third-order valence-electron chi connectivity index (χ3n) is 7.14. The van der Waals surface area contributed by atoms with Crippen molar-refractivity contribution in [2.75, 3.05) is 37.6 Å². The van der Waals surface area contributed by atoms with Crippen molar-refractivity contribution in [3.8, 4) is 28.6 Å². The number of piperazine rings is 1. The highest BCUT2D eigenvalue weighted by Crippen LogP contribution is 2.38. The molecular weight excluding hydrogens is 475 g/mol. The fraction of sp³-hybridized carbons (Fsp3) is 0.444. The van der Waals surface area contributed by atoms with Gasteiger partial charge in [-0.2, -0.15) is 0 Å². The number of nitrogens with one attached hydrogen (secondary N) is 1. The molecule has 2 heterocycles. The van der Waals surface area contributed by atoms with E-state index in [2.05, 4.69) is 27.3 Å². The number of benzene rings is 2. The molecule has 0 radical (unpaired) electrons. The van der Waals surface area contributed by atoms with E-state index in [0.717, 1.165) is 45.6 Å². The zero-order valence-electron chi connectivity index (χ0n) is 21.4. The normalized spacial score (nSPS) is 16.4. The maximum absolute atomic E-state index is 15.5. The van der Waals surface area contributed by atoms with E-state index in [1.807, 2.05) is 18.7 Å². The number of rotatable bonds is 7. The van der Waals surface area contributed by atoms with Crippen LogP contribution in [0.2, 0.25) is 0 Å². The number of hydrogen-bond acceptors (Lipinski definition) is 7. The van der Waals surface area contributed by atoms with Crippen molar-refractivity contribution in [2.24, 2.45) is 0 Å². The number of phenols is 2. The highest BCUT2D eigenvalue weighted by Gasteiger charge is 2.29. The van der Waals surface area contributed by atoms with Crippen LogP contribution in [0.4, 0.5) is 10.1 Å². The van der Waals surface area contributed by atoms with E-state index >= 15 is 4.39 Å². The maximum Gasteiger partial charge on any atom is 0.289 e. The molecule has 0 spiro atoms. The molecular formula is C27H33FN6O3. The molecule has 1 aromatic heterocycles. The summed E-state index contributed by atoms with van der Waals surface area (Å²) < 4.78 is 17.0. The number of carbonyl (C=O) groups excluding carboxylic acids is 1. The molecule has 0 bridgehead atoms. The van der Waals surface area contributed by atoms with E-state index in [-0.39, 0.29) is 35.1 Å². The van der Waals surface area contributed by atoms with Crippen LogP contribution in [-0.4, -0.2) is 74.6 Å². The van der Waals surface area contributed by atoms with E-state index in [0.29, 0.717) is 22.5 Å². The summed E-state index contributed by atoms with van der Waals surface area (Å²) in [6.07, 6.45) is 1.80. The largest absolute Gasteiger partial charge is 0.508 e. The lowest BCUT2D eigenvalue weighted by Gasteiger charge is -2.35.